The number of aliphatic carboxylic acids is 2. The van der Waals surface area contributed by atoms with Crippen LogP contribution in [-0.4, -0.2) is 201 Å². The number of piperazine rings is 1. The van der Waals surface area contributed by atoms with E-state index in [1.807, 2.05) is 17.2 Å². The lowest BCUT2D eigenvalue weighted by atomic mass is 10.1. The number of carboxylic acids is 2. The van der Waals surface area contributed by atoms with Gasteiger partial charge < -0.3 is 74.9 Å². The number of hydrogen-bond donors (Lipinski definition) is 6. The molecule has 4 rings (SSSR count). The smallest absolute Gasteiger partial charge is 0.321 e. The summed E-state index contributed by atoms with van der Waals surface area (Å²) in [5.74, 6) is -1.12. The van der Waals surface area contributed by atoms with Crippen LogP contribution in [0.1, 0.15) is 50.2 Å². The fraction of sp³-hybridized carbons (Fsp3) is 0.652. The van der Waals surface area contributed by atoms with Gasteiger partial charge in [-0.3, -0.25) is 24.1 Å². The number of ether oxygens (including phenoxy) is 7. The highest BCUT2D eigenvalue weighted by molar-refractivity contribution is 8.00. The molecule has 0 unspecified atom stereocenters. The Morgan fingerprint density at radius 1 is 0.797 bits per heavy atom. The number of rotatable bonds is 38. The van der Waals surface area contributed by atoms with Crippen LogP contribution in [0.2, 0.25) is 0 Å². The topological polar surface area (TPSA) is 287 Å². The first-order valence-corrected chi connectivity index (χ1v) is 24.6. The maximum Gasteiger partial charge on any atom is 0.321 e. The van der Waals surface area contributed by atoms with Gasteiger partial charge in [-0.2, -0.15) is 4.98 Å². The van der Waals surface area contributed by atoms with E-state index in [1.54, 1.807) is 7.11 Å². The first-order chi connectivity index (χ1) is 33.5. The summed E-state index contributed by atoms with van der Waals surface area (Å²) in [6.45, 7) is 11.7. The molecule has 2 atom stereocenters. The summed E-state index contributed by atoms with van der Waals surface area (Å²) in [7, 11) is 1.70. The zero-order valence-corrected chi connectivity index (χ0v) is 40.9. The second kappa shape index (κ2) is 32.9. The number of nitrogens with one attached hydrogen (secondary N) is 2. The molecule has 0 bridgehead atoms. The number of hydrogen-bond acceptors (Lipinski definition) is 18. The van der Waals surface area contributed by atoms with Gasteiger partial charge in [0.25, 0.3) is 0 Å². The average molecular weight is 992 g/mol. The lowest BCUT2D eigenvalue weighted by molar-refractivity contribution is -0.138. The van der Waals surface area contributed by atoms with Gasteiger partial charge in [-0.15, -0.1) is 11.8 Å². The molecular weight excluding hydrogens is 919 g/mol. The number of unbranched alkanes of at least 4 members (excludes halogenated alkanes) is 2. The number of nitrogen functional groups attached to an aromatic ring is 1. The standard InChI is InChI=1S/C46H73N9O13S/c1-3-4-5-10-49-43-42-37(51-46(48)52-43)8-12-55(42)32-35-7-6-34(29-38(35)62-2)31-53-13-15-54(16-14-53)40(56)9-17-63-19-21-65-23-25-67-27-28-68-26-24-66-22-20-64-18-11-50-44(59)39(30-41(57)58)69-33-36(47)45(60)61/h6-8,12,29,36,39H,3-5,9-11,13-28,30-33,47H2,1-2H3,(H,50,59)(H,57,58)(H,60,61)(H3,48,49,51,52)/t36-,39-/m0/s1. The molecule has 0 aliphatic carbocycles. The van der Waals surface area contributed by atoms with Crippen molar-refractivity contribution in [2.24, 2.45) is 5.73 Å². The van der Waals surface area contributed by atoms with Crippen LogP contribution in [0.25, 0.3) is 11.0 Å². The van der Waals surface area contributed by atoms with Crippen LogP contribution in [0.15, 0.2) is 30.5 Å². The van der Waals surface area contributed by atoms with Crippen molar-refractivity contribution in [1.82, 2.24) is 29.7 Å². The molecule has 1 aromatic carbocycles. The Labute approximate surface area is 408 Å². The number of anilines is 2. The molecule has 1 fully saturated rings. The third kappa shape index (κ3) is 21.8. The minimum Gasteiger partial charge on any atom is -0.496 e. The van der Waals surface area contributed by atoms with E-state index in [0.717, 1.165) is 90.9 Å². The van der Waals surface area contributed by atoms with Crippen molar-refractivity contribution >= 4 is 58.3 Å². The quantitative estimate of drug-likeness (QED) is 0.0447. The van der Waals surface area contributed by atoms with Crippen LogP contribution in [0.5, 0.6) is 5.75 Å². The number of carbonyl (C=O) groups excluding carboxylic acids is 2. The molecule has 1 aliphatic heterocycles. The number of carbonyl (C=O) groups is 4. The zero-order chi connectivity index (χ0) is 49.6. The van der Waals surface area contributed by atoms with E-state index >= 15 is 0 Å². The third-order valence-electron chi connectivity index (χ3n) is 10.8. The van der Waals surface area contributed by atoms with E-state index in [4.69, 9.17) is 54.8 Å². The van der Waals surface area contributed by atoms with Gasteiger partial charge in [0.2, 0.25) is 17.8 Å². The zero-order valence-electron chi connectivity index (χ0n) is 40.1. The summed E-state index contributed by atoms with van der Waals surface area (Å²) in [6, 6.07) is 7.12. The molecule has 3 heterocycles. The van der Waals surface area contributed by atoms with E-state index < -0.39 is 35.6 Å². The number of methoxy groups -OCH3 is 1. The molecule has 22 nitrogen and oxygen atoms in total. The number of nitrogens with two attached hydrogens (primary N) is 2. The number of amides is 2. The molecule has 0 spiro atoms. The molecule has 0 radical (unpaired) electrons. The van der Waals surface area contributed by atoms with Crippen LogP contribution in [-0.2, 0) is 60.7 Å². The molecule has 3 aromatic rings. The van der Waals surface area contributed by atoms with Gasteiger partial charge in [0.15, 0.2) is 5.82 Å². The van der Waals surface area contributed by atoms with Gasteiger partial charge in [-0.25, -0.2) is 4.98 Å². The molecule has 1 aliphatic rings. The monoisotopic (exact) mass is 992 g/mol. The fourth-order valence-electron chi connectivity index (χ4n) is 7.13. The van der Waals surface area contributed by atoms with E-state index in [-0.39, 0.29) is 30.8 Å². The first-order valence-electron chi connectivity index (χ1n) is 23.6. The molecule has 0 saturated carbocycles. The average Bonchev–Trinajstić information content (AvgIpc) is 3.74. The Hall–Kier alpha value is -4.85. The summed E-state index contributed by atoms with van der Waals surface area (Å²) >= 11 is 0.887. The van der Waals surface area contributed by atoms with Gasteiger partial charge in [-0.05, 0) is 24.1 Å². The van der Waals surface area contributed by atoms with Crippen molar-refractivity contribution in [2.75, 3.05) is 142 Å². The Kier molecular flexibility index (Phi) is 27.0. The van der Waals surface area contributed by atoms with Crippen LogP contribution in [0.4, 0.5) is 11.8 Å². The number of aromatic nitrogens is 3. The molecule has 386 valence electrons. The number of nitrogens with zero attached hydrogens (tertiary/aromatic N) is 5. The first kappa shape index (κ1) is 56.7. The maximum absolute atomic E-state index is 12.9. The number of carboxylic acid groups (broad SMARTS) is 2. The van der Waals surface area contributed by atoms with Crippen molar-refractivity contribution in [3.8, 4) is 5.75 Å². The SMILES string of the molecule is CCCCCNc1nc(N)nc2ccn(Cc3ccc(CN4CCN(C(=O)CCOCCOCCOCCOCCOCCOCCNC(=O)[C@H](CC(=O)O)SC[C@H](N)C(=O)O)CC4)cc3OC)c12. The fourth-order valence-corrected chi connectivity index (χ4v) is 8.21. The lowest BCUT2D eigenvalue weighted by Crippen LogP contribution is -2.48. The normalized spacial score (nSPS) is 13.9. The predicted octanol–water partition coefficient (Wildman–Crippen LogP) is 1.91. The Balaban J connectivity index is 0.950. The Morgan fingerprint density at radius 2 is 1.42 bits per heavy atom. The molecule has 8 N–H and O–H groups in total. The summed E-state index contributed by atoms with van der Waals surface area (Å²) in [5, 5.41) is 23.0. The van der Waals surface area contributed by atoms with Crippen molar-refractivity contribution in [2.45, 2.75) is 63.4 Å². The molecule has 2 aromatic heterocycles. The number of fused-ring (bicyclic) bond motifs is 1. The van der Waals surface area contributed by atoms with Gasteiger partial charge in [0.1, 0.15) is 17.3 Å². The number of thioether (sulfide) groups is 1. The van der Waals surface area contributed by atoms with Gasteiger partial charge in [-0.1, -0.05) is 31.9 Å². The van der Waals surface area contributed by atoms with Crippen LogP contribution < -0.4 is 26.8 Å². The van der Waals surface area contributed by atoms with Crippen LogP contribution in [0, 0.1) is 0 Å². The predicted molar refractivity (Wildman–Crippen MR) is 261 cm³/mol. The minimum absolute atomic E-state index is 0.0880. The minimum atomic E-state index is -1.23. The largest absolute Gasteiger partial charge is 0.496 e. The Morgan fingerprint density at radius 3 is 2.01 bits per heavy atom. The molecule has 23 heteroatoms. The maximum atomic E-state index is 12.9. The molecular formula is C46H73N9O13S. The highest BCUT2D eigenvalue weighted by Crippen LogP contribution is 2.28. The summed E-state index contributed by atoms with van der Waals surface area (Å²) in [4.78, 5) is 60.4. The Bertz CT molecular complexity index is 1990. The second-order valence-electron chi connectivity index (χ2n) is 16.1. The summed E-state index contributed by atoms with van der Waals surface area (Å²) in [6.07, 6.45) is 5.22. The van der Waals surface area contributed by atoms with Crippen molar-refractivity contribution < 1.29 is 62.5 Å². The van der Waals surface area contributed by atoms with E-state index in [9.17, 15) is 19.2 Å². The van der Waals surface area contributed by atoms with Gasteiger partial charge in [0, 0.05) is 63.3 Å². The second-order valence-corrected chi connectivity index (χ2v) is 17.4. The summed E-state index contributed by atoms with van der Waals surface area (Å²) in [5.41, 5.74) is 15.4. The lowest BCUT2D eigenvalue weighted by Gasteiger charge is -2.35. The molecule has 69 heavy (non-hydrogen) atoms. The van der Waals surface area contributed by atoms with Gasteiger partial charge in [0.05, 0.1) is 117 Å². The van der Waals surface area contributed by atoms with Crippen LogP contribution >= 0.6 is 11.8 Å². The summed E-state index contributed by atoms with van der Waals surface area (Å²) < 4.78 is 41.1. The van der Waals surface area contributed by atoms with E-state index in [2.05, 4.69) is 55.2 Å². The highest BCUT2D eigenvalue weighted by atomic mass is 32.2. The van der Waals surface area contributed by atoms with E-state index in [0.29, 0.717) is 98.7 Å². The number of benzene rings is 1. The van der Waals surface area contributed by atoms with Crippen molar-refractivity contribution in [3.05, 3.63) is 41.6 Å². The highest BCUT2D eigenvalue weighted by Gasteiger charge is 2.25. The third-order valence-corrected chi connectivity index (χ3v) is 12.2. The van der Waals surface area contributed by atoms with Crippen LogP contribution in [0.3, 0.4) is 0 Å². The van der Waals surface area contributed by atoms with Crippen molar-refractivity contribution in [3.63, 3.8) is 0 Å². The molecule has 2 amide bonds. The van der Waals surface area contributed by atoms with Crippen molar-refractivity contribution in [1.29, 1.82) is 0 Å². The van der Waals surface area contributed by atoms with Gasteiger partial charge >= 0.3 is 11.9 Å². The van der Waals surface area contributed by atoms with E-state index in [1.165, 1.54) is 0 Å². The molecule has 1 saturated heterocycles.